The molecule has 1 aromatic heterocycles. The smallest absolute Gasteiger partial charge is 0.271 e. The Hall–Kier alpha value is -0.850. The molecule has 0 aliphatic heterocycles. The van der Waals surface area contributed by atoms with Gasteiger partial charge < -0.3 is 9.73 Å². The number of sulfonamides is 1. The summed E-state index contributed by atoms with van der Waals surface area (Å²) in [5.41, 5.74) is 0. The lowest BCUT2D eigenvalue weighted by atomic mass is 10.0. The maximum atomic E-state index is 11.1. The molecule has 3 fully saturated rings. The summed E-state index contributed by atoms with van der Waals surface area (Å²) in [6.07, 6.45) is 4.24. The zero-order valence-electron chi connectivity index (χ0n) is 10.6. The van der Waals surface area contributed by atoms with Gasteiger partial charge in [0, 0.05) is 6.04 Å². The van der Waals surface area contributed by atoms with E-state index in [4.69, 9.17) is 9.56 Å². The third-order valence-electron chi connectivity index (χ3n) is 5.16. The lowest BCUT2D eigenvalue weighted by Crippen LogP contribution is -2.22. The molecule has 3 aliphatic carbocycles. The van der Waals surface area contributed by atoms with Crippen LogP contribution in [-0.4, -0.2) is 14.5 Å². The molecule has 4 rings (SSSR count). The summed E-state index contributed by atoms with van der Waals surface area (Å²) in [4.78, 5) is 0. The molecule has 4 atom stereocenters. The molecule has 0 amide bonds. The quantitative estimate of drug-likeness (QED) is 0.864. The van der Waals surface area contributed by atoms with Gasteiger partial charge in [-0.15, -0.1) is 0 Å². The molecule has 4 unspecified atom stereocenters. The van der Waals surface area contributed by atoms with Gasteiger partial charge in [-0.25, -0.2) is 13.6 Å². The summed E-state index contributed by atoms with van der Waals surface area (Å²) in [7, 11) is -3.72. The van der Waals surface area contributed by atoms with E-state index in [1.165, 1.54) is 25.3 Å². The van der Waals surface area contributed by atoms with E-state index in [1.807, 2.05) is 0 Å². The highest BCUT2D eigenvalue weighted by molar-refractivity contribution is 7.89. The number of fused-ring (bicyclic) bond motifs is 5. The SMILES string of the molecule is NS(=O)(=O)c1ccc(CNC2C3C4CCC(C4)C23)o1. The maximum Gasteiger partial charge on any atom is 0.271 e. The third kappa shape index (κ3) is 1.85. The van der Waals surface area contributed by atoms with Crippen molar-refractivity contribution in [2.75, 3.05) is 0 Å². The fraction of sp³-hybridized carbons (Fsp3) is 0.692. The number of hydrogen-bond acceptors (Lipinski definition) is 4. The van der Waals surface area contributed by atoms with Crippen LogP contribution in [0.15, 0.2) is 21.6 Å². The van der Waals surface area contributed by atoms with Crippen LogP contribution in [0.4, 0.5) is 0 Å². The van der Waals surface area contributed by atoms with Gasteiger partial charge in [-0.3, -0.25) is 0 Å². The van der Waals surface area contributed by atoms with Gasteiger partial charge in [0.15, 0.2) is 0 Å². The highest BCUT2D eigenvalue weighted by atomic mass is 32.2. The van der Waals surface area contributed by atoms with Crippen molar-refractivity contribution in [3.8, 4) is 0 Å². The monoisotopic (exact) mass is 282 g/mol. The Labute approximate surface area is 112 Å². The lowest BCUT2D eigenvalue weighted by molar-refractivity contribution is 0.388. The molecule has 3 N–H and O–H groups in total. The lowest BCUT2D eigenvalue weighted by Gasteiger charge is -2.09. The van der Waals surface area contributed by atoms with Crippen molar-refractivity contribution in [1.29, 1.82) is 0 Å². The first kappa shape index (κ1) is 11.9. The largest absolute Gasteiger partial charge is 0.447 e. The number of primary sulfonamides is 1. The second kappa shape index (κ2) is 3.84. The fourth-order valence-corrected chi connectivity index (χ4v) is 4.90. The molecule has 0 radical (unpaired) electrons. The summed E-state index contributed by atoms with van der Waals surface area (Å²) in [5.74, 6) is 4.24. The minimum atomic E-state index is -3.72. The Morgan fingerprint density at radius 2 is 1.95 bits per heavy atom. The number of hydrogen-bond donors (Lipinski definition) is 2. The first-order valence-electron chi connectivity index (χ1n) is 6.89. The van der Waals surface area contributed by atoms with Gasteiger partial charge in [-0.05, 0) is 55.1 Å². The van der Waals surface area contributed by atoms with E-state index >= 15 is 0 Å². The van der Waals surface area contributed by atoms with Crippen LogP contribution in [0.5, 0.6) is 0 Å². The van der Waals surface area contributed by atoms with Crippen LogP contribution in [0.3, 0.4) is 0 Å². The van der Waals surface area contributed by atoms with Gasteiger partial charge in [0.2, 0.25) is 5.09 Å². The number of furan rings is 1. The van der Waals surface area contributed by atoms with Crippen molar-refractivity contribution < 1.29 is 12.8 Å². The second-order valence-corrected chi connectivity index (χ2v) is 7.65. The Morgan fingerprint density at radius 3 is 2.53 bits per heavy atom. The molecule has 1 heterocycles. The van der Waals surface area contributed by atoms with E-state index in [0.29, 0.717) is 18.3 Å². The van der Waals surface area contributed by atoms with Gasteiger partial charge in [-0.2, -0.15) is 0 Å². The fourth-order valence-electron chi connectivity index (χ4n) is 4.42. The van der Waals surface area contributed by atoms with Gasteiger partial charge in [0.1, 0.15) is 5.76 Å². The first-order valence-corrected chi connectivity index (χ1v) is 8.43. The molecule has 0 saturated heterocycles. The van der Waals surface area contributed by atoms with Crippen LogP contribution < -0.4 is 10.5 Å². The summed E-state index contributed by atoms with van der Waals surface area (Å²) in [5, 5.41) is 8.37. The van der Waals surface area contributed by atoms with Gasteiger partial charge in [0.25, 0.3) is 10.0 Å². The van der Waals surface area contributed by atoms with Crippen molar-refractivity contribution in [2.45, 2.75) is 36.9 Å². The molecule has 0 spiro atoms. The van der Waals surface area contributed by atoms with Crippen LogP contribution in [0, 0.1) is 23.7 Å². The predicted octanol–water partition coefficient (Wildman–Crippen LogP) is 1.06. The van der Waals surface area contributed by atoms with E-state index in [2.05, 4.69) is 5.32 Å². The van der Waals surface area contributed by atoms with Crippen LogP contribution in [0.2, 0.25) is 0 Å². The zero-order valence-corrected chi connectivity index (χ0v) is 11.4. The topological polar surface area (TPSA) is 85.3 Å². The normalized spacial score (nSPS) is 39.5. The van der Waals surface area contributed by atoms with E-state index in [9.17, 15) is 8.42 Å². The van der Waals surface area contributed by atoms with Crippen molar-refractivity contribution in [2.24, 2.45) is 28.8 Å². The molecule has 5 nitrogen and oxygen atoms in total. The molecule has 6 heteroatoms. The van der Waals surface area contributed by atoms with Crippen molar-refractivity contribution in [3.63, 3.8) is 0 Å². The van der Waals surface area contributed by atoms with Gasteiger partial charge >= 0.3 is 0 Å². The number of nitrogens with two attached hydrogens (primary N) is 1. The Morgan fingerprint density at radius 1 is 1.26 bits per heavy atom. The van der Waals surface area contributed by atoms with Crippen LogP contribution in [-0.2, 0) is 16.6 Å². The molecule has 104 valence electrons. The average molecular weight is 282 g/mol. The van der Waals surface area contributed by atoms with E-state index in [1.54, 1.807) is 6.07 Å². The second-order valence-electron chi connectivity index (χ2n) is 6.16. The molecule has 3 saturated carbocycles. The Bertz CT molecular complexity index is 593. The molecular formula is C13H18N2O3S. The molecular weight excluding hydrogens is 264 g/mol. The van der Waals surface area contributed by atoms with E-state index in [-0.39, 0.29) is 5.09 Å². The minimum Gasteiger partial charge on any atom is -0.447 e. The van der Waals surface area contributed by atoms with Crippen LogP contribution in [0.25, 0.3) is 0 Å². The molecule has 3 aliphatic rings. The van der Waals surface area contributed by atoms with Crippen molar-refractivity contribution in [1.82, 2.24) is 5.32 Å². The summed E-state index contributed by atoms with van der Waals surface area (Å²) in [6.45, 7) is 0.590. The first-order chi connectivity index (χ1) is 9.04. The summed E-state index contributed by atoms with van der Waals surface area (Å²) >= 11 is 0. The molecule has 1 aromatic rings. The van der Waals surface area contributed by atoms with Crippen molar-refractivity contribution >= 4 is 10.0 Å². The standard InChI is InChI=1S/C13H18N2O3S/c14-19(16,17)10-4-3-9(18-10)6-15-13-11-7-1-2-8(5-7)12(11)13/h3-4,7-8,11-13,15H,1-2,5-6H2,(H2,14,16,17). The average Bonchev–Trinajstić information content (AvgIpc) is 2.80. The molecule has 19 heavy (non-hydrogen) atoms. The number of rotatable bonds is 4. The number of nitrogens with one attached hydrogen (secondary N) is 1. The summed E-state index contributed by atoms with van der Waals surface area (Å²) < 4.78 is 27.5. The van der Waals surface area contributed by atoms with Gasteiger partial charge in [-0.1, -0.05) is 0 Å². The van der Waals surface area contributed by atoms with Crippen LogP contribution in [0.1, 0.15) is 25.0 Å². The minimum absolute atomic E-state index is 0.152. The maximum absolute atomic E-state index is 11.1. The zero-order chi connectivity index (χ0) is 13.2. The molecule has 2 bridgehead atoms. The summed E-state index contributed by atoms with van der Waals surface area (Å²) in [6, 6.07) is 3.72. The third-order valence-corrected chi connectivity index (χ3v) is 5.94. The van der Waals surface area contributed by atoms with E-state index < -0.39 is 10.0 Å². The Balaban J connectivity index is 1.38. The predicted molar refractivity (Wildman–Crippen MR) is 68.5 cm³/mol. The van der Waals surface area contributed by atoms with Gasteiger partial charge in [0.05, 0.1) is 6.54 Å². The van der Waals surface area contributed by atoms with Crippen molar-refractivity contribution in [3.05, 3.63) is 17.9 Å². The Kier molecular flexibility index (Phi) is 2.41. The van der Waals surface area contributed by atoms with E-state index in [0.717, 1.165) is 23.7 Å². The molecule has 0 aromatic carbocycles. The van der Waals surface area contributed by atoms with Crippen LogP contribution >= 0.6 is 0 Å². The highest BCUT2D eigenvalue weighted by Gasteiger charge is 2.64. The highest BCUT2D eigenvalue weighted by Crippen LogP contribution is 2.65.